The molecule has 0 unspecified atom stereocenters. The molecule has 1 aliphatic rings. The number of aromatic nitrogens is 3. The second-order valence-corrected chi connectivity index (χ2v) is 5.87. The van der Waals surface area contributed by atoms with Gasteiger partial charge in [0.2, 0.25) is 17.8 Å². The minimum absolute atomic E-state index is 0.458. The Kier molecular flexibility index (Phi) is 4.27. The standard InChI is InChI=1S/C13H24N6O/c1-13(2,20)9-18(4)11-15-10(14-3)16-12(17-11)19-7-5-6-8-19/h20H,5-9H2,1-4H3,(H,14,15,16,17). The lowest BCUT2D eigenvalue weighted by molar-refractivity contribution is 0.0883. The highest BCUT2D eigenvalue weighted by molar-refractivity contribution is 5.45. The number of hydrogen-bond donors (Lipinski definition) is 2. The molecule has 1 aliphatic heterocycles. The van der Waals surface area contributed by atoms with E-state index in [1.54, 1.807) is 20.9 Å². The molecule has 2 N–H and O–H groups in total. The van der Waals surface area contributed by atoms with Crippen LogP contribution in [-0.4, -0.2) is 59.4 Å². The van der Waals surface area contributed by atoms with E-state index in [1.807, 2.05) is 11.9 Å². The Bertz CT molecular complexity index is 453. The number of anilines is 3. The first-order valence-electron chi connectivity index (χ1n) is 7.01. The first-order chi connectivity index (χ1) is 9.39. The lowest BCUT2D eigenvalue weighted by atomic mass is 10.1. The maximum Gasteiger partial charge on any atom is 0.231 e. The minimum Gasteiger partial charge on any atom is -0.389 e. The molecular weight excluding hydrogens is 256 g/mol. The van der Waals surface area contributed by atoms with E-state index in [-0.39, 0.29) is 0 Å². The molecule has 1 aromatic rings. The summed E-state index contributed by atoms with van der Waals surface area (Å²) in [6, 6.07) is 0. The van der Waals surface area contributed by atoms with Crippen LogP contribution in [0.1, 0.15) is 26.7 Å². The van der Waals surface area contributed by atoms with E-state index in [0.717, 1.165) is 13.1 Å². The van der Waals surface area contributed by atoms with Crippen molar-refractivity contribution in [1.82, 2.24) is 15.0 Å². The number of rotatable bonds is 5. The highest BCUT2D eigenvalue weighted by atomic mass is 16.3. The van der Waals surface area contributed by atoms with Crippen LogP contribution in [0.15, 0.2) is 0 Å². The summed E-state index contributed by atoms with van der Waals surface area (Å²) in [4.78, 5) is 17.3. The fraction of sp³-hybridized carbons (Fsp3) is 0.769. The summed E-state index contributed by atoms with van der Waals surface area (Å²) in [5.74, 6) is 1.84. The maximum absolute atomic E-state index is 9.92. The molecule has 0 spiro atoms. The summed E-state index contributed by atoms with van der Waals surface area (Å²) in [5, 5.41) is 12.9. The van der Waals surface area contributed by atoms with Gasteiger partial charge in [0.05, 0.1) is 5.60 Å². The van der Waals surface area contributed by atoms with E-state index < -0.39 is 5.60 Å². The summed E-state index contributed by atoms with van der Waals surface area (Å²) in [7, 11) is 3.67. The Hall–Kier alpha value is -1.63. The van der Waals surface area contributed by atoms with Crippen LogP contribution in [-0.2, 0) is 0 Å². The zero-order valence-corrected chi connectivity index (χ0v) is 12.7. The predicted molar refractivity (Wildman–Crippen MR) is 80.4 cm³/mol. The lowest BCUT2D eigenvalue weighted by Gasteiger charge is -2.26. The fourth-order valence-electron chi connectivity index (χ4n) is 2.35. The van der Waals surface area contributed by atoms with Crippen molar-refractivity contribution < 1.29 is 5.11 Å². The highest BCUT2D eigenvalue weighted by Crippen LogP contribution is 2.20. The molecule has 20 heavy (non-hydrogen) atoms. The fourth-order valence-corrected chi connectivity index (χ4v) is 2.35. The van der Waals surface area contributed by atoms with Crippen LogP contribution in [0.2, 0.25) is 0 Å². The molecule has 0 aliphatic carbocycles. The van der Waals surface area contributed by atoms with Gasteiger partial charge in [0, 0.05) is 33.7 Å². The van der Waals surface area contributed by atoms with E-state index in [4.69, 9.17) is 0 Å². The van der Waals surface area contributed by atoms with Crippen LogP contribution in [0.5, 0.6) is 0 Å². The molecule has 2 rings (SSSR count). The van der Waals surface area contributed by atoms with Gasteiger partial charge in [-0.1, -0.05) is 0 Å². The van der Waals surface area contributed by atoms with Gasteiger partial charge in [0.25, 0.3) is 0 Å². The third kappa shape index (κ3) is 3.69. The summed E-state index contributed by atoms with van der Waals surface area (Å²) >= 11 is 0. The summed E-state index contributed by atoms with van der Waals surface area (Å²) in [5.41, 5.74) is -0.797. The van der Waals surface area contributed by atoms with Crippen molar-refractivity contribution in [2.24, 2.45) is 0 Å². The monoisotopic (exact) mass is 280 g/mol. The molecule has 0 radical (unpaired) electrons. The van der Waals surface area contributed by atoms with Crippen LogP contribution >= 0.6 is 0 Å². The number of nitrogens with one attached hydrogen (secondary N) is 1. The van der Waals surface area contributed by atoms with Gasteiger partial charge in [0.15, 0.2) is 0 Å². The predicted octanol–water partition coefficient (Wildman–Crippen LogP) is 0.721. The Labute approximate surface area is 120 Å². The number of nitrogens with zero attached hydrogens (tertiary/aromatic N) is 5. The van der Waals surface area contributed by atoms with E-state index in [2.05, 4.69) is 25.2 Å². The van der Waals surface area contributed by atoms with Gasteiger partial charge in [-0.15, -0.1) is 0 Å². The molecule has 1 fully saturated rings. The van der Waals surface area contributed by atoms with Crippen molar-refractivity contribution in [3.05, 3.63) is 0 Å². The normalized spacial score (nSPS) is 15.6. The number of hydrogen-bond acceptors (Lipinski definition) is 7. The maximum atomic E-state index is 9.92. The zero-order chi connectivity index (χ0) is 14.8. The molecule has 0 aromatic carbocycles. The molecule has 7 nitrogen and oxygen atoms in total. The summed E-state index contributed by atoms with van der Waals surface area (Å²) in [6.45, 7) is 5.97. The quantitative estimate of drug-likeness (QED) is 0.823. The smallest absolute Gasteiger partial charge is 0.231 e. The minimum atomic E-state index is -0.797. The van der Waals surface area contributed by atoms with Crippen molar-refractivity contribution in [2.75, 3.05) is 48.8 Å². The van der Waals surface area contributed by atoms with Gasteiger partial charge in [-0.25, -0.2) is 0 Å². The molecule has 0 atom stereocenters. The molecule has 0 saturated carbocycles. The van der Waals surface area contributed by atoms with Gasteiger partial charge >= 0.3 is 0 Å². The molecule has 1 saturated heterocycles. The van der Waals surface area contributed by atoms with Crippen molar-refractivity contribution in [1.29, 1.82) is 0 Å². The second kappa shape index (κ2) is 5.78. The van der Waals surface area contributed by atoms with Crippen LogP contribution in [0.3, 0.4) is 0 Å². The summed E-state index contributed by atoms with van der Waals surface area (Å²) in [6.07, 6.45) is 2.35. The second-order valence-electron chi connectivity index (χ2n) is 5.87. The van der Waals surface area contributed by atoms with Gasteiger partial charge in [-0.05, 0) is 26.7 Å². The van der Waals surface area contributed by atoms with Gasteiger partial charge in [-0.3, -0.25) is 0 Å². The van der Waals surface area contributed by atoms with Gasteiger partial charge in [0.1, 0.15) is 0 Å². The van der Waals surface area contributed by atoms with Crippen LogP contribution in [0, 0.1) is 0 Å². The van der Waals surface area contributed by atoms with Crippen molar-refractivity contribution in [2.45, 2.75) is 32.3 Å². The first-order valence-corrected chi connectivity index (χ1v) is 7.01. The van der Waals surface area contributed by atoms with Crippen LogP contribution < -0.4 is 15.1 Å². The van der Waals surface area contributed by atoms with E-state index in [0.29, 0.717) is 24.4 Å². The topological polar surface area (TPSA) is 77.4 Å². The van der Waals surface area contributed by atoms with Crippen molar-refractivity contribution in [3.63, 3.8) is 0 Å². The Morgan fingerprint density at radius 3 is 2.45 bits per heavy atom. The first kappa shape index (κ1) is 14.8. The Balaban J connectivity index is 2.25. The Morgan fingerprint density at radius 2 is 1.90 bits per heavy atom. The van der Waals surface area contributed by atoms with Crippen LogP contribution in [0.4, 0.5) is 17.8 Å². The lowest BCUT2D eigenvalue weighted by Crippen LogP contribution is -2.37. The molecular formula is C13H24N6O. The average molecular weight is 280 g/mol. The largest absolute Gasteiger partial charge is 0.389 e. The van der Waals surface area contributed by atoms with E-state index in [1.165, 1.54) is 12.8 Å². The molecule has 112 valence electrons. The molecule has 0 amide bonds. The number of likely N-dealkylation sites (N-methyl/N-ethyl adjacent to an activating group) is 1. The zero-order valence-electron chi connectivity index (χ0n) is 12.7. The van der Waals surface area contributed by atoms with Crippen molar-refractivity contribution in [3.8, 4) is 0 Å². The third-order valence-electron chi connectivity index (χ3n) is 3.19. The van der Waals surface area contributed by atoms with Gasteiger partial charge < -0.3 is 20.2 Å². The average Bonchev–Trinajstić information content (AvgIpc) is 2.90. The molecule has 0 bridgehead atoms. The van der Waals surface area contributed by atoms with Gasteiger partial charge in [-0.2, -0.15) is 15.0 Å². The molecule has 1 aromatic heterocycles. The highest BCUT2D eigenvalue weighted by Gasteiger charge is 2.21. The number of aliphatic hydroxyl groups is 1. The Morgan fingerprint density at radius 1 is 1.25 bits per heavy atom. The molecule has 7 heteroatoms. The summed E-state index contributed by atoms with van der Waals surface area (Å²) < 4.78 is 0. The SMILES string of the molecule is CNc1nc(N(C)CC(C)(C)O)nc(N2CCCC2)n1. The van der Waals surface area contributed by atoms with Crippen LogP contribution in [0.25, 0.3) is 0 Å². The molecule has 2 heterocycles. The van der Waals surface area contributed by atoms with E-state index >= 15 is 0 Å². The third-order valence-corrected chi connectivity index (χ3v) is 3.19. The van der Waals surface area contributed by atoms with E-state index in [9.17, 15) is 5.11 Å². The van der Waals surface area contributed by atoms with Crippen molar-refractivity contribution >= 4 is 17.8 Å².